The quantitative estimate of drug-likeness (QED) is 0.0415. The summed E-state index contributed by atoms with van der Waals surface area (Å²) in [4.78, 5) is 87.4. The number of anilines is 1. The number of nitrogens with one attached hydrogen (secondary N) is 2. The van der Waals surface area contributed by atoms with E-state index in [-0.39, 0.29) is 41.6 Å². The van der Waals surface area contributed by atoms with Crippen molar-refractivity contribution in [2.24, 2.45) is 5.41 Å². The van der Waals surface area contributed by atoms with E-state index < -0.39 is 84.6 Å². The van der Waals surface area contributed by atoms with Crippen LogP contribution >= 0.6 is 35.2 Å². The molecule has 0 aliphatic carbocycles. The molecule has 0 aromatic carbocycles. The number of nitrogens with zero attached hydrogens (tertiary/aromatic N) is 4. The average molecular weight is 878 g/mol. The lowest BCUT2D eigenvalue weighted by Gasteiger charge is -2.30. The first-order chi connectivity index (χ1) is 26.1. The highest BCUT2D eigenvalue weighted by molar-refractivity contribution is 8.13. The lowest BCUT2D eigenvalue weighted by molar-refractivity contribution is -0.137. The van der Waals surface area contributed by atoms with Gasteiger partial charge in [0, 0.05) is 37.1 Å². The predicted molar refractivity (Wildman–Crippen MR) is 196 cm³/mol. The van der Waals surface area contributed by atoms with Crippen LogP contribution in [-0.4, -0.2) is 123 Å². The summed E-state index contributed by atoms with van der Waals surface area (Å²) in [5.41, 5.74) is 4.27. The lowest BCUT2D eigenvalue weighted by atomic mass is 9.87. The monoisotopic (exact) mass is 877 g/mol. The summed E-state index contributed by atoms with van der Waals surface area (Å²) in [5.74, 6) is -1.07. The third kappa shape index (κ3) is 14.9. The summed E-state index contributed by atoms with van der Waals surface area (Å²) in [7, 11) is -16.4. The first-order valence-corrected chi connectivity index (χ1v) is 22.2. The fourth-order valence-corrected chi connectivity index (χ4v) is 8.45. The molecule has 1 aliphatic heterocycles. The summed E-state index contributed by atoms with van der Waals surface area (Å²) in [6, 6.07) is 0. The first kappa shape index (κ1) is 47.7. The number of carbonyl (C=O) groups excluding carboxylic acids is 3. The van der Waals surface area contributed by atoms with Crippen LogP contribution in [0.3, 0.4) is 0 Å². The second-order valence-electron chi connectivity index (χ2n) is 12.8. The number of carbonyl (C=O) groups is 3. The number of nitrogens with two attached hydrogens (primary N) is 1. The minimum atomic E-state index is -5.57. The highest BCUT2D eigenvalue weighted by Crippen LogP contribution is 2.61. The third-order valence-corrected chi connectivity index (χ3v) is 11.8. The predicted octanol–water partition coefficient (Wildman–Crippen LogP) is 0.411. The molecule has 1 saturated heterocycles. The Labute approximate surface area is 324 Å². The van der Waals surface area contributed by atoms with Crippen LogP contribution in [0.1, 0.15) is 52.7 Å². The number of thioether (sulfide) groups is 1. The van der Waals surface area contributed by atoms with Gasteiger partial charge in [-0.25, -0.2) is 28.6 Å². The Morgan fingerprint density at radius 1 is 1.07 bits per heavy atom. The van der Waals surface area contributed by atoms with Gasteiger partial charge in [0.05, 0.1) is 19.5 Å². The number of aliphatic hydroxyl groups excluding tert-OH is 2. The van der Waals surface area contributed by atoms with Gasteiger partial charge in [-0.05, 0) is 19.8 Å². The maximum Gasteiger partial charge on any atom is 0.481 e. The molecule has 56 heavy (non-hydrogen) atoms. The second kappa shape index (κ2) is 20.8. The molecule has 0 spiro atoms. The highest BCUT2D eigenvalue weighted by atomic mass is 32.2. The number of nitrogen functional groups attached to an aromatic ring is 1. The van der Waals surface area contributed by atoms with Gasteiger partial charge in [0.2, 0.25) is 11.8 Å². The molecule has 2 aromatic rings. The number of aromatic nitrogens is 4. The van der Waals surface area contributed by atoms with E-state index in [1.165, 1.54) is 13.8 Å². The van der Waals surface area contributed by atoms with E-state index in [1.54, 1.807) is 0 Å². The van der Waals surface area contributed by atoms with E-state index in [0.29, 0.717) is 12.2 Å². The fourth-order valence-electron chi connectivity index (χ4n) is 4.90. The molecule has 24 nitrogen and oxygen atoms in total. The summed E-state index contributed by atoms with van der Waals surface area (Å²) in [6.45, 7) is 2.42. The Kier molecular flexibility index (Phi) is 17.7. The van der Waals surface area contributed by atoms with Crippen molar-refractivity contribution in [3.05, 3.63) is 24.8 Å². The van der Waals surface area contributed by atoms with Gasteiger partial charge in [-0.1, -0.05) is 37.8 Å². The van der Waals surface area contributed by atoms with E-state index >= 15 is 0 Å². The number of hydrogen-bond acceptors (Lipinski definition) is 18. The molecule has 3 heterocycles. The Bertz CT molecular complexity index is 1850. The molecule has 0 radical (unpaired) electrons. The summed E-state index contributed by atoms with van der Waals surface area (Å²) in [6.07, 6.45) is -1.05. The number of imidazole rings is 1. The van der Waals surface area contributed by atoms with Crippen LogP contribution in [0, 0.1) is 5.41 Å². The highest BCUT2D eigenvalue weighted by Gasteiger charge is 2.50. The summed E-state index contributed by atoms with van der Waals surface area (Å²) in [5, 5.41) is 26.4. The molecule has 2 aromatic heterocycles. The van der Waals surface area contributed by atoms with Crippen molar-refractivity contribution >= 4 is 69.1 Å². The number of phosphoric acid groups is 3. The number of ether oxygens (including phenoxy) is 1. The van der Waals surface area contributed by atoms with Gasteiger partial charge in [-0.3, -0.25) is 32.5 Å². The normalized spacial score (nSPS) is 21.8. The fraction of sp³-hybridized carbons (Fsp3) is 0.643. The molecule has 0 saturated carbocycles. The van der Waals surface area contributed by atoms with Gasteiger partial charge >= 0.3 is 23.5 Å². The minimum absolute atomic E-state index is 0.0145. The average Bonchev–Trinajstić information content (AvgIpc) is 3.66. The molecular weight excluding hydrogens is 831 g/mol. The maximum absolute atomic E-state index is 12.7. The zero-order valence-electron chi connectivity index (χ0n) is 30.4. The zero-order valence-corrected chi connectivity index (χ0v) is 33.8. The number of amides is 2. The van der Waals surface area contributed by atoms with Gasteiger partial charge in [0.1, 0.15) is 36.3 Å². The van der Waals surface area contributed by atoms with E-state index in [0.717, 1.165) is 41.8 Å². The molecule has 1 aliphatic rings. The Morgan fingerprint density at radius 3 is 2.45 bits per heavy atom. The van der Waals surface area contributed by atoms with Crippen molar-refractivity contribution in [1.29, 1.82) is 0 Å². The standard InChI is InChI=1S/C28H46N7O17P3S/c1-4-5-6-7-8-19(37)56-12-11-30-18(36)9-10-31-26(40)23(39)28(2,3)14-49-55(46,47)52-54(44,45)48-13-17-22(51-53(41,42)43)21(38)27(50-17)35-16-34-20-24(29)32-15-33-25(20)35/h4-5,15-17,21-23,27,38-39H,6-14H2,1-3H3,(H,30,36)(H,31,40)(H,44,45)(H,46,47)(H2,29,32,33)(H2,41,42,43)/b5-4+. The number of aliphatic hydroxyl groups is 2. The molecule has 28 heteroatoms. The zero-order chi connectivity index (χ0) is 41.9. The Morgan fingerprint density at radius 2 is 1.77 bits per heavy atom. The van der Waals surface area contributed by atoms with Gasteiger partial charge in [-0.2, -0.15) is 4.31 Å². The van der Waals surface area contributed by atoms with E-state index in [1.807, 2.05) is 19.1 Å². The third-order valence-electron chi connectivity index (χ3n) is 7.75. The van der Waals surface area contributed by atoms with Crippen molar-refractivity contribution < 1.29 is 80.5 Å². The number of fused-ring (bicyclic) bond motifs is 1. The number of hydrogen-bond donors (Lipinski definition) is 9. The molecule has 1 fully saturated rings. The largest absolute Gasteiger partial charge is 0.481 e. The van der Waals surface area contributed by atoms with Crippen molar-refractivity contribution in [1.82, 2.24) is 30.2 Å². The molecule has 7 atom stereocenters. The van der Waals surface area contributed by atoms with Crippen LogP contribution in [0.2, 0.25) is 0 Å². The Balaban J connectivity index is 1.47. The van der Waals surface area contributed by atoms with Gasteiger partial charge in [0.15, 0.2) is 22.8 Å². The van der Waals surface area contributed by atoms with Crippen LogP contribution in [0.25, 0.3) is 11.2 Å². The summed E-state index contributed by atoms with van der Waals surface area (Å²) >= 11 is 1.10. The van der Waals surface area contributed by atoms with Crippen LogP contribution in [-0.2, 0) is 50.7 Å². The number of rotatable bonds is 23. The molecule has 3 rings (SSSR count). The summed E-state index contributed by atoms with van der Waals surface area (Å²) < 4.78 is 62.1. The maximum atomic E-state index is 12.7. The molecule has 0 bridgehead atoms. The van der Waals surface area contributed by atoms with Crippen LogP contribution in [0.5, 0.6) is 0 Å². The number of allylic oxidation sites excluding steroid dienone is 2. The van der Waals surface area contributed by atoms with Crippen LogP contribution in [0.4, 0.5) is 5.82 Å². The van der Waals surface area contributed by atoms with E-state index in [9.17, 15) is 57.9 Å². The van der Waals surface area contributed by atoms with Crippen molar-refractivity contribution in [2.45, 2.75) is 77.1 Å². The Hall–Kier alpha value is -2.70. The van der Waals surface area contributed by atoms with E-state index in [4.69, 9.17) is 19.5 Å². The van der Waals surface area contributed by atoms with Crippen molar-refractivity contribution in [3.63, 3.8) is 0 Å². The molecule has 2 amide bonds. The van der Waals surface area contributed by atoms with Gasteiger partial charge < -0.3 is 50.9 Å². The number of unbranched alkanes of at least 4 members (excludes halogenated alkanes) is 1. The van der Waals surface area contributed by atoms with Crippen LogP contribution in [0.15, 0.2) is 24.8 Å². The first-order valence-electron chi connectivity index (χ1n) is 16.7. The molecule has 316 valence electrons. The van der Waals surface area contributed by atoms with Crippen molar-refractivity contribution in [3.8, 4) is 0 Å². The second-order valence-corrected chi connectivity index (χ2v) is 18.1. The number of phosphoric ester groups is 3. The molecule has 7 unspecified atom stereocenters. The molecule has 10 N–H and O–H groups in total. The van der Waals surface area contributed by atoms with Gasteiger partial charge in [-0.15, -0.1) is 0 Å². The topological polar surface area (TPSA) is 364 Å². The SMILES string of the molecule is C/C=C/CCCC(=O)SCCNC(=O)CCNC(=O)C(O)C(C)(C)COP(=O)(O)OP(=O)(O)OCC1OC(n2cnc3c(N)ncnc32)C(O)C1OP(=O)(O)O. The van der Waals surface area contributed by atoms with Crippen LogP contribution < -0.4 is 16.4 Å². The van der Waals surface area contributed by atoms with Crippen molar-refractivity contribution in [2.75, 3.05) is 37.8 Å². The smallest absolute Gasteiger partial charge is 0.386 e. The lowest BCUT2D eigenvalue weighted by Crippen LogP contribution is -2.46. The minimum Gasteiger partial charge on any atom is -0.386 e. The molecular formula is C28H46N7O17P3S. The van der Waals surface area contributed by atoms with E-state index in [2.05, 4.69) is 34.4 Å². The van der Waals surface area contributed by atoms with Gasteiger partial charge in [0.25, 0.3) is 0 Å².